The molecule has 0 bridgehead atoms. The molecule has 0 atom stereocenters. The third-order valence-corrected chi connectivity index (χ3v) is 3.48. The van der Waals surface area contributed by atoms with Gasteiger partial charge in [0.15, 0.2) is 11.0 Å². The monoisotopic (exact) mass is 263 g/mol. The first-order chi connectivity index (χ1) is 7.18. The lowest BCUT2D eigenvalue weighted by Gasteiger charge is -2.18. The molecule has 0 saturated carbocycles. The number of sulfonamides is 1. The minimum absolute atomic E-state index is 0.0182. The molecular formula is C9H14ClN3O2S. The van der Waals surface area contributed by atoms with Crippen LogP contribution in [0, 0.1) is 5.41 Å². The number of nitrogens with zero attached hydrogens (tertiary/aromatic N) is 2. The normalized spacial score (nSPS) is 12.5. The summed E-state index contributed by atoms with van der Waals surface area (Å²) in [5.41, 5.74) is -0.314. The molecule has 0 aliphatic heterocycles. The lowest BCUT2D eigenvalue weighted by molar-refractivity contribution is 0.463. The van der Waals surface area contributed by atoms with Gasteiger partial charge in [0.2, 0.25) is 10.0 Å². The minimum atomic E-state index is -3.40. The maximum absolute atomic E-state index is 11.7. The van der Waals surface area contributed by atoms with Gasteiger partial charge in [-0.2, -0.15) is 0 Å². The van der Waals surface area contributed by atoms with E-state index in [0.29, 0.717) is 0 Å². The van der Waals surface area contributed by atoms with E-state index in [1.54, 1.807) is 0 Å². The Hall–Kier alpha value is -0.880. The topological polar surface area (TPSA) is 72.0 Å². The standard InChI is InChI=1S/C9H14ClN3O2S/c1-9(2,3)6-16(14,15)13-8-5-4-7(10)11-12-8/h4-5H,6H2,1-3H3,(H,12,13). The molecule has 0 amide bonds. The van der Waals surface area contributed by atoms with E-state index < -0.39 is 10.0 Å². The number of nitrogens with one attached hydrogen (secondary N) is 1. The van der Waals surface area contributed by atoms with Crippen LogP contribution >= 0.6 is 11.6 Å². The zero-order valence-corrected chi connectivity index (χ0v) is 10.9. The molecule has 1 N–H and O–H groups in total. The molecule has 1 heterocycles. The second-order valence-electron chi connectivity index (χ2n) is 4.66. The number of rotatable bonds is 3. The molecule has 0 aromatic carbocycles. The quantitative estimate of drug-likeness (QED) is 0.904. The molecule has 0 spiro atoms. The fourth-order valence-corrected chi connectivity index (χ4v) is 2.88. The fourth-order valence-electron chi connectivity index (χ4n) is 1.14. The third kappa shape index (κ3) is 4.76. The van der Waals surface area contributed by atoms with Crippen LogP contribution in [0.25, 0.3) is 0 Å². The average molecular weight is 264 g/mol. The van der Waals surface area contributed by atoms with Gasteiger partial charge in [-0.25, -0.2) is 8.42 Å². The van der Waals surface area contributed by atoms with E-state index in [0.717, 1.165) is 0 Å². The van der Waals surface area contributed by atoms with Gasteiger partial charge in [0, 0.05) is 0 Å². The highest BCUT2D eigenvalue weighted by molar-refractivity contribution is 7.92. The highest BCUT2D eigenvalue weighted by atomic mass is 35.5. The summed E-state index contributed by atoms with van der Waals surface area (Å²) in [6.45, 7) is 5.54. The largest absolute Gasteiger partial charge is 0.266 e. The Morgan fingerprint density at radius 3 is 2.38 bits per heavy atom. The Morgan fingerprint density at radius 2 is 1.94 bits per heavy atom. The third-order valence-electron chi connectivity index (χ3n) is 1.52. The first-order valence-electron chi connectivity index (χ1n) is 4.68. The Kier molecular flexibility index (Phi) is 3.75. The zero-order chi connectivity index (χ0) is 12.4. The summed E-state index contributed by atoms with van der Waals surface area (Å²) in [7, 11) is -3.40. The molecule has 0 radical (unpaired) electrons. The number of hydrogen-bond acceptors (Lipinski definition) is 4. The number of anilines is 1. The fraction of sp³-hybridized carbons (Fsp3) is 0.556. The molecule has 1 aromatic heterocycles. The second kappa shape index (κ2) is 4.55. The van der Waals surface area contributed by atoms with E-state index in [4.69, 9.17) is 11.6 Å². The van der Waals surface area contributed by atoms with Gasteiger partial charge in [-0.3, -0.25) is 4.72 Å². The van der Waals surface area contributed by atoms with E-state index in [1.807, 2.05) is 20.8 Å². The molecule has 16 heavy (non-hydrogen) atoms. The van der Waals surface area contributed by atoms with Gasteiger partial charge in [0.1, 0.15) is 0 Å². The van der Waals surface area contributed by atoms with Crippen molar-refractivity contribution in [1.82, 2.24) is 10.2 Å². The highest BCUT2D eigenvalue weighted by Crippen LogP contribution is 2.17. The number of aromatic nitrogens is 2. The van der Waals surface area contributed by atoms with Crippen molar-refractivity contribution in [2.45, 2.75) is 20.8 Å². The van der Waals surface area contributed by atoms with Gasteiger partial charge in [-0.1, -0.05) is 32.4 Å². The van der Waals surface area contributed by atoms with E-state index in [-0.39, 0.29) is 22.1 Å². The molecule has 0 unspecified atom stereocenters. The van der Waals surface area contributed by atoms with Crippen molar-refractivity contribution in [3.8, 4) is 0 Å². The Balaban J connectivity index is 2.77. The van der Waals surface area contributed by atoms with Crippen molar-refractivity contribution in [2.75, 3.05) is 10.5 Å². The van der Waals surface area contributed by atoms with Crippen molar-refractivity contribution in [3.63, 3.8) is 0 Å². The van der Waals surface area contributed by atoms with Crippen LogP contribution in [0.3, 0.4) is 0 Å². The van der Waals surface area contributed by atoms with E-state index in [1.165, 1.54) is 12.1 Å². The van der Waals surface area contributed by atoms with Crippen molar-refractivity contribution < 1.29 is 8.42 Å². The molecule has 0 aliphatic carbocycles. The smallest absolute Gasteiger partial charge is 0.234 e. The lowest BCUT2D eigenvalue weighted by atomic mass is 10.0. The van der Waals surface area contributed by atoms with Crippen LogP contribution in [-0.4, -0.2) is 24.4 Å². The van der Waals surface area contributed by atoms with E-state index in [2.05, 4.69) is 14.9 Å². The predicted octanol–water partition coefficient (Wildman–Crippen LogP) is 1.92. The molecule has 0 saturated heterocycles. The van der Waals surface area contributed by atoms with Gasteiger partial charge in [-0.05, 0) is 17.5 Å². The van der Waals surface area contributed by atoms with Crippen molar-refractivity contribution in [3.05, 3.63) is 17.3 Å². The summed E-state index contributed by atoms with van der Waals surface area (Å²) in [5.74, 6) is 0.193. The summed E-state index contributed by atoms with van der Waals surface area (Å²) < 4.78 is 25.7. The van der Waals surface area contributed by atoms with Gasteiger partial charge < -0.3 is 0 Å². The summed E-state index contributed by atoms with van der Waals surface area (Å²) in [4.78, 5) is 0. The maximum Gasteiger partial charge on any atom is 0.234 e. The Labute approximate surface area is 100 Å². The van der Waals surface area contributed by atoms with Crippen LogP contribution in [0.5, 0.6) is 0 Å². The molecule has 7 heteroatoms. The van der Waals surface area contributed by atoms with Gasteiger partial charge in [-0.15, -0.1) is 10.2 Å². The van der Waals surface area contributed by atoms with Crippen LogP contribution < -0.4 is 4.72 Å². The first kappa shape index (κ1) is 13.2. The van der Waals surface area contributed by atoms with Crippen LogP contribution in [0.1, 0.15) is 20.8 Å². The molecule has 5 nitrogen and oxygen atoms in total. The van der Waals surface area contributed by atoms with E-state index >= 15 is 0 Å². The second-order valence-corrected chi connectivity index (χ2v) is 6.77. The van der Waals surface area contributed by atoms with Gasteiger partial charge in [0.25, 0.3) is 0 Å². The molecule has 0 fully saturated rings. The van der Waals surface area contributed by atoms with E-state index in [9.17, 15) is 8.42 Å². The van der Waals surface area contributed by atoms with Crippen LogP contribution in [0.4, 0.5) is 5.82 Å². The van der Waals surface area contributed by atoms with Crippen LogP contribution in [0.2, 0.25) is 5.15 Å². The number of halogens is 1. The average Bonchev–Trinajstić information content (AvgIpc) is 2.04. The molecule has 0 aliphatic rings. The summed E-state index contributed by atoms with van der Waals surface area (Å²) >= 11 is 5.54. The summed E-state index contributed by atoms with van der Waals surface area (Å²) in [6.07, 6.45) is 0. The first-order valence-corrected chi connectivity index (χ1v) is 6.71. The predicted molar refractivity (Wildman–Crippen MR) is 63.9 cm³/mol. The SMILES string of the molecule is CC(C)(C)CS(=O)(=O)Nc1ccc(Cl)nn1. The van der Waals surface area contributed by atoms with Crippen molar-refractivity contribution >= 4 is 27.4 Å². The molecule has 90 valence electrons. The molecule has 1 aromatic rings. The van der Waals surface area contributed by atoms with Crippen LogP contribution in [-0.2, 0) is 10.0 Å². The van der Waals surface area contributed by atoms with Crippen molar-refractivity contribution in [1.29, 1.82) is 0 Å². The minimum Gasteiger partial charge on any atom is -0.266 e. The van der Waals surface area contributed by atoms with Gasteiger partial charge >= 0.3 is 0 Å². The molecule has 1 rings (SSSR count). The van der Waals surface area contributed by atoms with Crippen LogP contribution in [0.15, 0.2) is 12.1 Å². The summed E-state index contributed by atoms with van der Waals surface area (Å²) in [5, 5.41) is 7.39. The summed E-state index contributed by atoms with van der Waals surface area (Å²) in [6, 6.07) is 2.94. The number of hydrogen-bond donors (Lipinski definition) is 1. The maximum atomic E-state index is 11.7. The molecular weight excluding hydrogens is 250 g/mol. The zero-order valence-electron chi connectivity index (χ0n) is 9.36. The van der Waals surface area contributed by atoms with Gasteiger partial charge in [0.05, 0.1) is 5.75 Å². The highest BCUT2D eigenvalue weighted by Gasteiger charge is 2.21. The lowest BCUT2D eigenvalue weighted by Crippen LogP contribution is -2.26. The Morgan fingerprint density at radius 1 is 1.31 bits per heavy atom. The van der Waals surface area contributed by atoms with Crippen molar-refractivity contribution in [2.24, 2.45) is 5.41 Å². The Bertz CT molecular complexity index is 451.